The second-order valence-electron chi connectivity index (χ2n) is 5.61. The normalized spacial score (nSPS) is 15.8. The number of phenolic OH excluding ortho intramolecular Hbond substituents is 1. The van der Waals surface area contributed by atoms with Crippen LogP contribution in [0.15, 0.2) is 41.3 Å². The van der Waals surface area contributed by atoms with Gasteiger partial charge in [0.2, 0.25) is 0 Å². The van der Waals surface area contributed by atoms with Crippen molar-refractivity contribution in [1.29, 1.82) is 0 Å². The van der Waals surface area contributed by atoms with E-state index in [2.05, 4.69) is 0 Å². The second-order valence-corrected chi connectivity index (χ2v) is 7.69. The predicted molar refractivity (Wildman–Crippen MR) is 111 cm³/mol. The van der Waals surface area contributed by atoms with Crippen LogP contribution in [-0.4, -0.2) is 21.9 Å². The van der Waals surface area contributed by atoms with Gasteiger partial charge in [-0.3, -0.25) is 9.69 Å². The van der Waals surface area contributed by atoms with E-state index in [0.717, 1.165) is 11.1 Å². The van der Waals surface area contributed by atoms with E-state index in [1.807, 2.05) is 26.0 Å². The Morgan fingerprint density at radius 2 is 2.08 bits per heavy atom. The molecule has 1 aliphatic rings. The summed E-state index contributed by atoms with van der Waals surface area (Å²) in [5.74, 6) is 0.235. The Kier molecular flexibility index (Phi) is 5.55. The van der Waals surface area contributed by atoms with Crippen molar-refractivity contribution < 1.29 is 14.6 Å². The van der Waals surface area contributed by atoms with Crippen molar-refractivity contribution in [1.82, 2.24) is 0 Å². The zero-order valence-electron chi connectivity index (χ0n) is 14.2. The van der Waals surface area contributed by atoms with Gasteiger partial charge < -0.3 is 9.84 Å². The highest BCUT2D eigenvalue weighted by Crippen LogP contribution is 2.38. The monoisotopic (exact) mass is 405 g/mol. The van der Waals surface area contributed by atoms with Gasteiger partial charge in [0, 0.05) is 5.02 Å². The summed E-state index contributed by atoms with van der Waals surface area (Å²) in [6, 6.07) is 10.4. The lowest BCUT2D eigenvalue weighted by Gasteiger charge is -2.15. The molecule has 0 radical (unpaired) electrons. The fourth-order valence-corrected chi connectivity index (χ4v) is 3.93. The number of nitrogens with zero attached hydrogens (tertiary/aromatic N) is 1. The van der Waals surface area contributed by atoms with E-state index in [0.29, 0.717) is 32.3 Å². The Bertz CT molecular complexity index is 927. The van der Waals surface area contributed by atoms with Crippen LogP contribution in [0, 0.1) is 6.92 Å². The molecule has 0 saturated carbocycles. The molecule has 1 saturated heterocycles. The van der Waals surface area contributed by atoms with Crippen molar-refractivity contribution in [2.24, 2.45) is 0 Å². The number of amides is 1. The van der Waals surface area contributed by atoms with Gasteiger partial charge in [-0.15, -0.1) is 0 Å². The Labute approximate surface area is 166 Å². The van der Waals surface area contributed by atoms with Crippen molar-refractivity contribution in [3.63, 3.8) is 0 Å². The summed E-state index contributed by atoms with van der Waals surface area (Å²) in [7, 11) is 0. The number of thiocarbonyl (C=S) groups is 1. The summed E-state index contributed by atoms with van der Waals surface area (Å²) in [5.41, 5.74) is 2.32. The van der Waals surface area contributed by atoms with Gasteiger partial charge in [0.05, 0.1) is 17.2 Å². The highest BCUT2D eigenvalue weighted by Gasteiger charge is 2.33. The summed E-state index contributed by atoms with van der Waals surface area (Å²) in [4.78, 5) is 14.8. The molecule has 3 rings (SSSR count). The molecule has 1 aliphatic heterocycles. The molecule has 26 heavy (non-hydrogen) atoms. The molecule has 1 N–H and O–H groups in total. The van der Waals surface area contributed by atoms with Gasteiger partial charge in [-0.25, -0.2) is 0 Å². The highest BCUT2D eigenvalue weighted by molar-refractivity contribution is 8.27. The van der Waals surface area contributed by atoms with Crippen molar-refractivity contribution in [3.05, 3.63) is 57.5 Å². The van der Waals surface area contributed by atoms with Crippen molar-refractivity contribution >= 4 is 57.6 Å². The van der Waals surface area contributed by atoms with E-state index in [4.69, 9.17) is 28.6 Å². The molecule has 2 aromatic carbocycles. The number of thioether (sulfide) groups is 1. The van der Waals surface area contributed by atoms with Crippen LogP contribution < -0.4 is 9.64 Å². The summed E-state index contributed by atoms with van der Waals surface area (Å²) in [6.45, 7) is 4.17. The maximum atomic E-state index is 12.8. The number of ether oxygens (including phenoxy) is 1. The number of carbonyl (C=O) groups is 1. The molecule has 1 heterocycles. The first-order valence-electron chi connectivity index (χ1n) is 7.90. The Hall–Kier alpha value is -2.02. The molecule has 4 nitrogen and oxygen atoms in total. The average molecular weight is 406 g/mol. The molecule has 1 amide bonds. The third-order valence-electron chi connectivity index (χ3n) is 3.79. The van der Waals surface area contributed by atoms with Crippen molar-refractivity contribution in [3.8, 4) is 11.5 Å². The maximum Gasteiger partial charge on any atom is 0.270 e. The van der Waals surface area contributed by atoms with Gasteiger partial charge >= 0.3 is 0 Å². The quantitative estimate of drug-likeness (QED) is 0.562. The lowest BCUT2D eigenvalue weighted by atomic mass is 10.1. The van der Waals surface area contributed by atoms with Gasteiger partial charge in [-0.1, -0.05) is 47.7 Å². The van der Waals surface area contributed by atoms with E-state index in [9.17, 15) is 9.90 Å². The molecule has 0 bridgehead atoms. The first-order chi connectivity index (χ1) is 12.4. The fraction of sp³-hybridized carbons (Fsp3) is 0.158. The van der Waals surface area contributed by atoms with Gasteiger partial charge in [-0.2, -0.15) is 0 Å². The number of rotatable bonds is 4. The number of aryl methyl sites for hydroxylation is 1. The van der Waals surface area contributed by atoms with Crippen LogP contribution in [0.25, 0.3) is 6.08 Å². The van der Waals surface area contributed by atoms with E-state index in [-0.39, 0.29) is 11.7 Å². The Balaban J connectivity index is 1.92. The lowest BCUT2D eigenvalue weighted by molar-refractivity contribution is -0.113. The summed E-state index contributed by atoms with van der Waals surface area (Å²) >= 11 is 12.8. The van der Waals surface area contributed by atoms with Crippen LogP contribution in [0.5, 0.6) is 11.5 Å². The smallest absolute Gasteiger partial charge is 0.270 e. The van der Waals surface area contributed by atoms with E-state index >= 15 is 0 Å². The largest absolute Gasteiger partial charge is 0.504 e. The number of phenols is 1. The third-order valence-corrected chi connectivity index (χ3v) is 5.50. The number of hydrogen-bond acceptors (Lipinski definition) is 5. The topological polar surface area (TPSA) is 49.8 Å². The molecule has 7 heteroatoms. The van der Waals surface area contributed by atoms with E-state index in [1.54, 1.807) is 24.3 Å². The van der Waals surface area contributed by atoms with Crippen molar-refractivity contribution in [2.75, 3.05) is 11.5 Å². The van der Waals surface area contributed by atoms with Crippen LogP contribution in [-0.2, 0) is 4.79 Å². The highest BCUT2D eigenvalue weighted by atomic mass is 35.5. The molecule has 0 unspecified atom stereocenters. The number of hydrogen-bond donors (Lipinski definition) is 1. The average Bonchev–Trinajstić information content (AvgIpc) is 2.87. The van der Waals surface area contributed by atoms with Crippen LogP contribution in [0.4, 0.5) is 5.69 Å². The molecule has 1 fully saturated rings. The minimum absolute atomic E-state index is 0.0610. The third kappa shape index (κ3) is 3.72. The van der Waals surface area contributed by atoms with Gasteiger partial charge in [-0.05, 0) is 55.3 Å². The second kappa shape index (κ2) is 7.70. The molecule has 0 atom stereocenters. The standard InChI is InChI=1S/C19H16ClNO3S2/c1-3-24-16-8-12(5-7-15(16)22)9-17-18(23)21(19(25)26-17)13-6-4-11(2)14(20)10-13/h4-10,22H,3H2,1-2H3. The SMILES string of the molecule is CCOc1cc(C=C2SC(=S)N(c3ccc(C)c(Cl)c3)C2=O)ccc1O. The van der Waals surface area contributed by atoms with Crippen LogP contribution in [0.3, 0.4) is 0 Å². The number of benzene rings is 2. The summed E-state index contributed by atoms with van der Waals surface area (Å²) in [5, 5.41) is 10.4. The molecular formula is C19H16ClNO3S2. The fourth-order valence-electron chi connectivity index (χ4n) is 2.45. The van der Waals surface area contributed by atoms with Crippen molar-refractivity contribution in [2.45, 2.75) is 13.8 Å². The van der Waals surface area contributed by atoms with Gasteiger partial charge in [0.1, 0.15) is 0 Å². The molecular weight excluding hydrogens is 390 g/mol. The van der Waals surface area contributed by atoms with E-state index < -0.39 is 0 Å². The maximum absolute atomic E-state index is 12.8. The molecule has 134 valence electrons. The lowest BCUT2D eigenvalue weighted by Crippen LogP contribution is -2.27. The van der Waals surface area contributed by atoms with Crippen LogP contribution in [0.1, 0.15) is 18.1 Å². The van der Waals surface area contributed by atoms with Gasteiger partial charge in [0.25, 0.3) is 5.91 Å². The zero-order valence-corrected chi connectivity index (χ0v) is 16.5. The summed E-state index contributed by atoms with van der Waals surface area (Å²) in [6.07, 6.45) is 1.73. The predicted octanol–water partition coefficient (Wildman–Crippen LogP) is 5.16. The Morgan fingerprint density at radius 3 is 2.77 bits per heavy atom. The van der Waals surface area contributed by atoms with Crippen LogP contribution >= 0.6 is 35.6 Å². The minimum Gasteiger partial charge on any atom is -0.504 e. The van der Waals surface area contributed by atoms with E-state index in [1.165, 1.54) is 22.7 Å². The first-order valence-corrected chi connectivity index (χ1v) is 9.51. The molecule has 2 aromatic rings. The number of aromatic hydroxyl groups is 1. The zero-order chi connectivity index (χ0) is 18.8. The molecule has 0 aliphatic carbocycles. The first kappa shape index (κ1) is 18.8. The van der Waals surface area contributed by atoms with Crippen LogP contribution in [0.2, 0.25) is 5.02 Å². The molecule has 0 aromatic heterocycles. The molecule has 0 spiro atoms. The number of carbonyl (C=O) groups excluding carboxylic acids is 1. The summed E-state index contributed by atoms with van der Waals surface area (Å²) < 4.78 is 5.83. The number of anilines is 1. The Morgan fingerprint density at radius 1 is 1.31 bits per heavy atom. The number of halogens is 1. The minimum atomic E-state index is -0.203. The van der Waals surface area contributed by atoms with Gasteiger partial charge in [0.15, 0.2) is 15.8 Å².